The smallest absolute Gasteiger partial charge is 0.354 e. The quantitative estimate of drug-likeness (QED) is 0.430. The lowest BCUT2D eigenvalue weighted by Crippen LogP contribution is -2.21. The number of aromatic nitrogens is 1. The first-order valence-electron chi connectivity index (χ1n) is 8.79. The van der Waals surface area contributed by atoms with E-state index in [1.807, 2.05) is 25.1 Å². The zero-order valence-corrected chi connectivity index (χ0v) is 18.0. The molecule has 0 spiro atoms. The molecule has 6 nitrogen and oxygen atoms in total. The molecule has 4 aromatic rings. The molecule has 29 heavy (non-hydrogen) atoms. The molecule has 0 amide bonds. The monoisotopic (exact) mass is 473 g/mol. The summed E-state index contributed by atoms with van der Waals surface area (Å²) in [4.78, 5) is 26.5. The van der Waals surface area contributed by atoms with E-state index in [-0.39, 0.29) is 21.6 Å². The van der Waals surface area contributed by atoms with Crippen molar-refractivity contribution in [1.29, 1.82) is 0 Å². The number of fused-ring (bicyclic) bond motifs is 3. The number of ether oxygens (including phenoxy) is 1. The van der Waals surface area contributed by atoms with Gasteiger partial charge in [-0.25, -0.2) is 4.79 Å². The van der Waals surface area contributed by atoms with Gasteiger partial charge < -0.3 is 18.8 Å². The highest BCUT2D eigenvalue weighted by atomic mass is 79.9. The van der Waals surface area contributed by atoms with Gasteiger partial charge in [-0.15, -0.1) is 0 Å². The Labute approximate surface area is 177 Å². The van der Waals surface area contributed by atoms with Crippen LogP contribution in [-0.2, 0) is 6.54 Å². The number of halogens is 1. The number of methoxy groups -OCH3 is 1. The minimum atomic E-state index is -0.714. The van der Waals surface area contributed by atoms with Crippen molar-refractivity contribution in [2.45, 2.75) is 23.3 Å². The van der Waals surface area contributed by atoms with Crippen LogP contribution < -0.4 is 15.9 Å². The predicted molar refractivity (Wildman–Crippen MR) is 116 cm³/mol. The molecule has 2 aromatic heterocycles. The molecule has 8 heteroatoms. The second-order valence-electron chi connectivity index (χ2n) is 6.24. The van der Waals surface area contributed by atoms with Crippen molar-refractivity contribution in [1.82, 2.24) is 4.57 Å². The number of hydrogen-bond acceptors (Lipinski definition) is 6. The third-order valence-corrected chi connectivity index (χ3v) is 6.72. The van der Waals surface area contributed by atoms with E-state index in [9.17, 15) is 14.7 Å². The van der Waals surface area contributed by atoms with E-state index in [2.05, 4.69) is 15.9 Å². The maximum Gasteiger partial charge on any atom is 0.354 e. The molecular weight excluding hydrogens is 458 g/mol. The summed E-state index contributed by atoms with van der Waals surface area (Å²) in [5.41, 5.74) is -0.490. The minimum absolute atomic E-state index is 0.0262. The van der Waals surface area contributed by atoms with Gasteiger partial charge in [0.1, 0.15) is 16.0 Å². The number of aromatic hydroxyl groups is 1. The van der Waals surface area contributed by atoms with Crippen LogP contribution in [0.25, 0.3) is 21.9 Å². The van der Waals surface area contributed by atoms with Gasteiger partial charge in [-0.2, -0.15) is 0 Å². The summed E-state index contributed by atoms with van der Waals surface area (Å²) in [7, 11) is 1.53. The first kappa shape index (κ1) is 19.6. The Kier molecular flexibility index (Phi) is 5.14. The number of benzene rings is 2. The van der Waals surface area contributed by atoms with Gasteiger partial charge in [0.15, 0.2) is 11.3 Å². The summed E-state index contributed by atoms with van der Waals surface area (Å²) in [6.45, 7) is 2.23. The highest BCUT2D eigenvalue weighted by Gasteiger charge is 2.22. The molecule has 2 heterocycles. The summed E-state index contributed by atoms with van der Waals surface area (Å²) in [6, 6.07) is 12.4. The Morgan fingerprint density at radius 3 is 2.66 bits per heavy atom. The summed E-state index contributed by atoms with van der Waals surface area (Å²) in [5.74, 6) is 0.169. The molecule has 148 valence electrons. The molecule has 0 atom stereocenters. The molecule has 0 bridgehead atoms. The van der Waals surface area contributed by atoms with Crippen molar-refractivity contribution in [3.05, 3.63) is 67.7 Å². The number of rotatable bonds is 4. The van der Waals surface area contributed by atoms with E-state index in [1.54, 1.807) is 24.3 Å². The van der Waals surface area contributed by atoms with Gasteiger partial charge in [-0.05, 0) is 53.2 Å². The van der Waals surface area contributed by atoms with E-state index in [0.717, 1.165) is 16.2 Å². The molecule has 0 saturated carbocycles. The first-order chi connectivity index (χ1) is 14.0. The normalized spacial score (nSPS) is 11.3. The third kappa shape index (κ3) is 3.22. The second-order valence-corrected chi connectivity index (χ2v) is 8.14. The molecule has 0 aliphatic rings. The van der Waals surface area contributed by atoms with Gasteiger partial charge in [0.25, 0.3) is 5.56 Å². The zero-order chi connectivity index (χ0) is 20.7. The maximum atomic E-state index is 13.1. The topological polar surface area (TPSA) is 81.7 Å². The van der Waals surface area contributed by atoms with Crippen molar-refractivity contribution < 1.29 is 14.3 Å². The standard InChI is InChI=1S/C21H16BrNO5S/c1-3-23-14-9-8-11(27-2)10-12(14)18-16(20(23)25)17(24)19(21(26)28-18)29-15-7-5-4-6-13(15)22/h4-10,24H,3H2,1-2H3. The molecule has 4 rings (SSSR count). The SMILES string of the molecule is CCn1c(=O)c2c(O)c(Sc3ccccc3Br)c(=O)oc2c2cc(OC)ccc21. The molecule has 1 N–H and O–H groups in total. The van der Waals surface area contributed by atoms with Crippen LogP contribution in [-0.4, -0.2) is 16.8 Å². The lowest BCUT2D eigenvalue weighted by molar-refractivity contribution is 0.415. The van der Waals surface area contributed by atoms with Crippen LogP contribution in [0.4, 0.5) is 0 Å². The highest BCUT2D eigenvalue weighted by Crippen LogP contribution is 2.39. The summed E-state index contributed by atoms with van der Waals surface area (Å²) < 4.78 is 13.1. The fourth-order valence-electron chi connectivity index (χ4n) is 3.24. The third-order valence-electron chi connectivity index (χ3n) is 4.62. The van der Waals surface area contributed by atoms with Crippen LogP contribution in [0.1, 0.15) is 6.92 Å². The van der Waals surface area contributed by atoms with Crippen molar-refractivity contribution in [3.63, 3.8) is 0 Å². The van der Waals surface area contributed by atoms with Gasteiger partial charge in [0.2, 0.25) is 0 Å². The lowest BCUT2D eigenvalue weighted by Gasteiger charge is -2.13. The molecule has 0 aliphatic heterocycles. The Bertz CT molecular complexity index is 1380. The first-order valence-corrected chi connectivity index (χ1v) is 10.4. The van der Waals surface area contributed by atoms with Crippen molar-refractivity contribution in [2.75, 3.05) is 7.11 Å². The van der Waals surface area contributed by atoms with Crippen molar-refractivity contribution in [3.8, 4) is 11.5 Å². The van der Waals surface area contributed by atoms with Crippen molar-refractivity contribution in [2.24, 2.45) is 0 Å². The largest absolute Gasteiger partial charge is 0.505 e. The summed E-state index contributed by atoms with van der Waals surface area (Å²) in [6.07, 6.45) is 0. The van der Waals surface area contributed by atoms with Gasteiger partial charge in [0, 0.05) is 21.3 Å². The summed E-state index contributed by atoms with van der Waals surface area (Å²) in [5, 5.41) is 11.4. The molecule has 2 aromatic carbocycles. The molecule has 0 unspecified atom stereocenters. The molecule has 0 radical (unpaired) electrons. The highest BCUT2D eigenvalue weighted by molar-refractivity contribution is 9.10. The van der Waals surface area contributed by atoms with E-state index in [1.165, 1.54) is 11.7 Å². The molecule has 0 aliphatic carbocycles. The van der Waals surface area contributed by atoms with Crippen LogP contribution in [0.15, 0.2) is 70.7 Å². The fourth-order valence-corrected chi connectivity index (χ4v) is 4.62. The van der Waals surface area contributed by atoms with Crippen molar-refractivity contribution >= 4 is 49.6 Å². The minimum Gasteiger partial charge on any atom is -0.505 e. The zero-order valence-electron chi connectivity index (χ0n) is 15.6. The van der Waals surface area contributed by atoms with Gasteiger partial charge >= 0.3 is 5.63 Å². The Morgan fingerprint density at radius 1 is 1.21 bits per heavy atom. The summed E-state index contributed by atoms with van der Waals surface area (Å²) >= 11 is 4.47. The van der Waals surface area contributed by atoms with E-state index in [4.69, 9.17) is 9.15 Å². The predicted octanol–water partition coefficient (Wildman–Crippen LogP) is 4.76. The Morgan fingerprint density at radius 2 is 1.97 bits per heavy atom. The Balaban J connectivity index is 2.09. The number of pyridine rings is 1. The van der Waals surface area contributed by atoms with E-state index < -0.39 is 11.2 Å². The second kappa shape index (κ2) is 7.61. The van der Waals surface area contributed by atoms with Gasteiger partial charge in [-0.3, -0.25) is 4.79 Å². The van der Waals surface area contributed by atoms with Crippen LogP contribution in [0.5, 0.6) is 11.5 Å². The number of aryl methyl sites for hydroxylation is 1. The van der Waals surface area contributed by atoms with Gasteiger partial charge in [0.05, 0.1) is 12.6 Å². The number of hydrogen-bond donors (Lipinski definition) is 1. The van der Waals surface area contributed by atoms with Crippen LogP contribution in [0, 0.1) is 0 Å². The average molecular weight is 474 g/mol. The van der Waals surface area contributed by atoms with Crippen LogP contribution in [0.3, 0.4) is 0 Å². The van der Waals surface area contributed by atoms with E-state index >= 15 is 0 Å². The van der Waals surface area contributed by atoms with Crippen LogP contribution >= 0.6 is 27.7 Å². The molecular formula is C21H16BrNO5S. The fraction of sp³-hybridized carbons (Fsp3) is 0.143. The molecule has 0 saturated heterocycles. The lowest BCUT2D eigenvalue weighted by atomic mass is 10.1. The number of nitrogens with zero attached hydrogens (tertiary/aromatic N) is 1. The van der Waals surface area contributed by atoms with Crippen LogP contribution in [0.2, 0.25) is 0 Å². The van der Waals surface area contributed by atoms with Gasteiger partial charge in [-0.1, -0.05) is 23.9 Å². The average Bonchev–Trinajstić information content (AvgIpc) is 2.72. The Hall–Kier alpha value is -2.71. The van der Waals surface area contributed by atoms with E-state index in [0.29, 0.717) is 28.1 Å². The molecule has 0 fully saturated rings. The maximum absolute atomic E-state index is 13.1.